The van der Waals surface area contributed by atoms with Crippen molar-refractivity contribution in [3.05, 3.63) is 71.8 Å². The van der Waals surface area contributed by atoms with Gasteiger partial charge in [0.2, 0.25) is 5.91 Å². The van der Waals surface area contributed by atoms with Gasteiger partial charge in [0.15, 0.2) is 5.78 Å². The second-order valence-electron chi connectivity index (χ2n) is 7.41. The Morgan fingerprint density at radius 2 is 1.50 bits per heavy atom. The van der Waals surface area contributed by atoms with E-state index < -0.39 is 23.8 Å². The summed E-state index contributed by atoms with van der Waals surface area (Å²) in [5.74, 6) is -2.10. The molecule has 0 saturated heterocycles. The highest BCUT2D eigenvalue weighted by Gasteiger charge is 2.28. The van der Waals surface area contributed by atoms with Gasteiger partial charge in [0.05, 0.1) is 0 Å². The Hall–Kier alpha value is -2.95. The zero-order valence-electron chi connectivity index (χ0n) is 16.3. The zero-order chi connectivity index (χ0) is 20.5. The lowest BCUT2D eigenvalue weighted by Crippen LogP contribution is -2.45. The van der Waals surface area contributed by atoms with Gasteiger partial charge in [-0.25, -0.2) is 4.79 Å². The third-order valence-corrected chi connectivity index (χ3v) is 4.54. The molecule has 5 nitrogen and oxygen atoms in total. The van der Waals surface area contributed by atoms with Crippen LogP contribution in [-0.4, -0.2) is 28.8 Å². The predicted octanol–water partition coefficient (Wildman–Crippen LogP) is 3.73. The standard InChI is InChI=1S/C23H27NO4/c1-16(2)13-20(23(27)28)24-22(26)19(14-17-9-5-3-6-10-17)15-21(25)18-11-7-4-8-12-18/h3-12,16,19-20H,13-15H2,1-2H3,(H,24,26)(H,27,28)/t19-,20+/m1/s1. The number of amides is 1. The minimum atomic E-state index is -1.06. The second-order valence-corrected chi connectivity index (χ2v) is 7.41. The quantitative estimate of drug-likeness (QED) is 0.614. The van der Waals surface area contributed by atoms with E-state index >= 15 is 0 Å². The number of benzene rings is 2. The van der Waals surface area contributed by atoms with Gasteiger partial charge in [0.25, 0.3) is 0 Å². The molecule has 0 heterocycles. The lowest BCUT2D eigenvalue weighted by molar-refractivity contribution is -0.142. The molecule has 0 radical (unpaired) electrons. The van der Waals surface area contributed by atoms with Gasteiger partial charge in [-0.05, 0) is 24.3 Å². The second kappa shape index (κ2) is 10.4. The molecule has 0 spiro atoms. The molecule has 2 aromatic carbocycles. The van der Waals surface area contributed by atoms with E-state index in [2.05, 4.69) is 5.32 Å². The minimum Gasteiger partial charge on any atom is -0.480 e. The van der Waals surface area contributed by atoms with Gasteiger partial charge >= 0.3 is 5.97 Å². The van der Waals surface area contributed by atoms with Gasteiger partial charge in [-0.1, -0.05) is 74.5 Å². The SMILES string of the molecule is CC(C)C[C@H](NC(=O)[C@@H](CC(=O)c1ccccc1)Cc1ccccc1)C(=O)O. The van der Waals surface area contributed by atoms with Crippen molar-refractivity contribution in [1.29, 1.82) is 0 Å². The van der Waals surface area contributed by atoms with Crippen molar-refractivity contribution in [3.8, 4) is 0 Å². The summed E-state index contributed by atoms with van der Waals surface area (Å²) in [6.45, 7) is 3.81. The highest BCUT2D eigenvalue weighted by Crippen LogP contribution is 2.17. The molecule has 5 heteroatoms. The highest BCUT2D eigenvalue weighted by atomic mass is 16.4. The molecule has 0 aromatic heterocycles. The Labute approximate surface area is 165 Å². The maximum Gasteiger partial charge on any atom is 0.326 e. The van der Waals surface area contributed by atoms with Gasteiger partial charge in [-0.3, -0.25) is 9.59 Å². The first-order valence-electron chi connectivity index (χ1n) is 9.52. The number of rotatable bonds is 10. The molecular weight excluding hydrogens is 354 g/mol. The van der Waals surface area contributed by atoms with E-state index in [0.29, 0.717) is 18.4 Å². The molecule has 148 valence electrons. The highest BCUT2D eigenvalue weighted by molar-refractivity contribution is 5.99. The van der Waals surface area contributed by atoms with E-state index in [4.69, 9.17) is 0 Å². The molecule has 0 aliphatic carbocycles. The van der Waals surface area contributed by atoms with Crippen molar-refractivity contribution in [3.63, 3.8) is 0 Å². The molecule has 2 atom stereocenters. The molecule has 28 heavy (non-hydrogen) atoms. The molecular formula is C23H27NO4. The van der Waals surface area contributed by atoms with Crippen LogP contribution in [0.4, 0.5) is 0 Å². The van der Waals surface area contributed by atoms with Crippen LogP contribution >= 0.6 is 0 Å². The van der Waals surface area contributed by atoms with Gasteiger partial charge in [0, 0.05) is 17.9 Å². The Bertz CT molecular complexity index is 787. The summed E-state index contributed by atoms with van der Waals surface area (Å²) in [4.78, 5) is 37.0. The largest absolute Gasteiger partial charge is 0.480 e. The van der Waals surface area contributed by atoms with E-state index in [9.17, 15) is 19.5 Å². The third kappa shape index (κ3) is 6.65. The zero-order valence-corrected chi connectivity index (χ0v) is 16.3. The maximum atomic E-state index is 12.9. The third-order valence-electron chi connectivity index (χ3n) is 4.54. The van der Waals surface area contributed by atoms with Crippen LogP contribution < -0.4 is 5.32 Å². The summed E-state index contributed by atoms with van der Waals surface area (Å²) >= 11 is 0. The number of carbonyl (C=O) groups excluding carboxylic acids is 2. The molecule has 2 rings (SSSR count). The number of aliphatic carboxylic acids is 1. The Morgan fingerprint density at radius 1 is 0.929 bits per heavy atom. The van der Waals surface area contributed by atoms with Gasteiger partial charge in [-0.15, -0.1) is 0 Å². The van der Waals surface area contributed by atoms with E-state index in [1.165, 1.54) is 0 Å². The smallest absolute Gasteiger partial charge is 0.326 e. The van der Waals surface area contributed by atoms with Crippen LogP contribution in [0, 0.1) is 11.8 Å². The van der Waals surface area contributed by atoms with Crippen molar-refractivity contribution in [2.75, 3.05) is 0 Å². The number of hydrogen-bond donors (Lipinski definition) is 2. The first-order valence-corrected chi connectivity index (χ1v) is 9.52. The summed E-state index contributed by atoms with van der Waals surface area (Å²) < 4.78 is 0. The van der Waals surface area contributed by atoms with Crippen molar-refractivity contribution >= 4 is 17.7 Å². The minimum absolute atomic E-state index is 0.0265. The van der Waals surface area contributed by atoms with Crippen LogP contribution in [0.15, 0.2) is 60.7 Å². The molecule has 0 aliphatic rings. The van der Waals surface area contributed by atoms with Crippen LogP contribution in [0.2, 0.25) is 0 Å². The molecule has 0 unspecified atom stereocenters. The molecule has 0 fully saturated rings. The number of Topliss-reactive ketones (excluding diaryl/α,β-unsaturated/α-hetero) is 1. The number of carboxylic acids is 1. The van der Waals surface area contributed by atoms with Crippen molar-refractivity contribution in [2.24, 2.45) is 11.8 Å². The number of nitrogens with one attached hydrogen (secondary N) is 1. The van der Waals surface area contributed by atoms with Crippen LogP contribution in [0.5, 0.6) is 0 Å². The molecule has 0 saturated carbocycles. The summed E-state index contributed by atoms with van der Waals surface area (Å²) in [6, 6.07) is 17.3. The fourth-order valence-electron chi connectivity index (χ4n) is 3.10. The van der Waals surface area contributed by atoms with E-state index in [-0.39, 0.29) is 18.1 Å². The van der Waals surface area contributed by atoms with Gasteiger partial charge in [0.1, 0.15) is 6.04 Å². The topological polar surface area (TPSA) is 83.5 Å². The van der Waals surface area contributed by atoms with Crippen LogP contribution in [0.3, 0.4) is 0 Å². The van der Waals surface area contributed by atoms with Crippen molar-refractivity contribution in [1.82, 2.24) is 5.32 Å². The summed E-state index contributed by atoms with van der Waals surface area (Å²) in [7, 11) is 0. The average Bonchev–Trinajstić information content (AvgIpc) is 2.68. The maximum absolute atomic E-state index is 12.9. The Balaban J connectivity index is 2.17. The van der Waals surface area contributed by atoms with Crippen LogP contribution in [0.1, 0.15) is 42.6 Å². The van der Waals surface area contributed by atoms with Crippen molar-refractivity contribution in [2.45, 2.75) is 39.2 Å². The number of carboxylic acid groups (broad SMARTS) is 1. The van der Waals surface area contributed by atoms with Gasteiger partial charge < -0.3 is 10.4 Å². The van der Waals surface area contributed by atoms with E-state index in [1.54, 1.807) is 24.3 Å². The molecule has 0 aliphatic heterocycles. The molecule has 0 bridgehead atoms. The van der Waals surface area contributed by atoms with Gasteiger partial charge in [-0.2, -0.15) is 0 Å². The Morgan fingerprint density at radius 3 is 2.04 bits per heavy atom. The van der Waals surface area contributed by atoms with E-state index in [1.807, 2.05) is 50.2 Å². The molecule has 2 aromatic rings. The van der Waals surface area contributed by atoms with Crippen LogP contribution in [-0.2, 0) is 16.0 Å². The van der Waals surface area contributed by atoms with E-state index in [0.717, 1.165) is 5.56 Å². The fraction of sp³-hybridized carbons (Fsp3) is 0.348. The average molecular weight is 381 g/mol. The predicted molar refractivity (Wildman–Crippen MR) is 108 cm³/mol. The summed E-state index contributed by atoms with van der Waals surface area (Å²) in [5, 5.41) is 12.1. The lowest BCUT2D eigenvalue weighted by atomic mass is 9.90. The number of ketones is 1. The van der Waals surface area contributed by atoms with Crippen molar-refractivity contribution < 1.29 is 19.5 Å². The monoisotopic (exact) mass is 381 g/mol. The summed E-state index contributed by atoms with van der Waals surface area (Å²) in [6.07, 6.45) is 0.740. The van der Waals surface area contributed by atoms with Crippen LogP contribution in [0.25, 0.3) is 0 Å². The summed E-state index contributed by atoms with van der Waals surface area (Å²) in [5.41, 5.74) is 1.48. The first-order chi connectivity index (χ1) is 13.4. The fourth-order valence-corrected chi connectivity index (χ4v) is 3.10. The normalized spacial score (nSPS) is 13.0. The first kappa shape index (κ1) is 21.4. The number of hydrogen-bond acceptors (Lipinski definition) is 3. The Kier molecular flexibility index (Phi) is 7.93. The lowest BCUT2D eigenvalue weighted by Gasteiger charge is -2.21. The molecule has 2 N–H and O–H groups in total. The molecule has 1 amide bonds. The number of carbonyl (C=O) groups is 3.